The number of rotatable bonds is 4. The SMILES string of the molecule is CN(C)CC(N)CCC(C)(C)C. The summed E-state index contributed by atoms with van der Waals surface area (Å²) in [6, 6.07) is 0.333. The molecule has 74 valence electrons. The van der Waals surface area contributed by atoms with Crippen LogP contribution in [-0.4, -0.2) is 31.6 Å². The minimum Gasteiger partial charge on any atom is -0.327 e. The van der Waals surface area contributed by atoms with Gasteiger partial charge in [-0.15, -0.1) is 0 Å². The minimum atomic E-state index is 0.333. The summed E-state index contributed by atoms with van der Waals surface area (Å²) in [4.78, 5) is 2.15. The molecule has 12 heavy (non-hydrogen) atoms. The molecule has 0 rings (SSSR count). The van der Waals surface area contributed by atoms with Crippen molar-refractivity contribution in [2.75, 3.05) is 20.6 Å². The van der Waals surface area contributed by atoms with Gasteiger partial charge in [0.15, 0.2) is 0 Å². The van der Waals surface area contributed by atoms with E-state index in [-0.39, 0.29) is 0 Å². The zero-order chi connectivity index (χ0) is 9.78. The lowest BCUT2D eigenvalue weighted by atomic mass is 9.89. The Labute approximate surface area is 77.1 Å². The van der Waals surface area contributed by atoms with E-state index < -0.39 is 0 Å². The summed E-state index contributed by atoms with van der Waals surface area (Å²) in [5, 5.41) is 0. The molecule has 2 heteroatoms. The van der Waals surface area contributed by atoms with E-state index in [4.69, 9.17) is 5.73 Å². The lowest BCUT2D eigenvalue weighted by Gasteiger charge is -2.22. The van der Waals surface area contributed by atoms with E-state index in [1.54, 1.807) is 0 Å². The molecule has 1 unspecified atom stereocenters. The van der Waals surface area contributed by atoms with E-state index in [1.165, 1.54) is 6.42 Å². The molecule has 2 nitrogen and oxygen atoms in total. The largest absolute Gasteiger partial charge is 0.327 e. The number of hydrogen-bond acceptors (Lipinski definition) is 2. The van der Waals surface area contributed by atoms with Crippen LogP contribution in [0.15, 0.2) is 0 Å². The van der Waals surface area contributed by atoms with Crippen LogP contribution in [0.25, 0.3) is 0 Å². The molecule has 2 N–H and O–H groups in total. The Morgan fingerprint density at radius 3 is 2.08 bits per heavy atom. The third kappa shape index (κ3) is 8.02. The van der Waals surface area contributed by atoms with Gasteiger partial charge in [-0.1, -0.05) is 20.8 Å². The van der Waals surface area contributed by atoms with Crippen LogP contribution in [-0.2, 0) is 0 Å². The molecule has 0 saturated heterocycles. The highest BCUT2D eigenvalue weighted by atomic mass is 15.1. The maximum Gasteiger partial charge on any atom is 0.0167 e. The van der Waals surface area contributed by atoms with Gasteiger partial charge < -0.3 is 10.6 Å². The van der Waals surface area contributed by atoms with Gasteiger partial charge in [-0.3, -0.25) is 0 Å². The lowest BCUT2D eigenvalue weighted by Crippen LogP contribution is -2.33. The first kappa shape index (κ1) is 11.9. The fourth-order valence-corrected chi connectivity index (χ4v) is 1.18. The Morgan fingerprint density at radius 2 is 1.75 bits per heavy atom. The van der Waals surface area contributed by atoms with Crippen molar-refractivity contribution in [2.24, 2.45) is 11.1 Å². The second kappa shape index (κ2) is 4.83. The average Bonchev–Trinajstić information content (AvgIpc) is 1.80. The standard InChI is InChI=1S/C10H24N2/c1-10(2,3)7-6-9(11)8-12(4)5/h9H,6-8,11H2,1-5H3. The second-order valence-corrected chi connectivity index (χ2v) is 5.12. The van der Waals surface area contributed by atoms with E-state index in [2.05, 4.69) is 39.8 Å². The predicted molar refractivity (Wildman–Crippen MR) is 55.2 cm³/mol. The third-order valence-corrected chi connectivity index (χ3v) is 1.86. The molecule has 0 radical (unpaired) electrons. The van der Waals surface area contributed by atoms with Crippen LogP contribution in [0.2, 0.25) is 0 Å². The zero-order valence-electron chi connectivity index (χ0n) is 9.22. The number of nitrogens with two attached hydrogens (primary N) is 1. The van der Waals surface area contributed by atoms with Gasteiger partial charge in [-0.05, 0) is 32.4 Å². The van der Waals surface area contributed by atoms with Crippen LogP contribution >= 0.6 is 0 Å². The summed E-state index contributed by atoms with van der Waals surface area (Å²) in [6.45, 7) is 7.77. The average molecular weight is 172 g/mol. The fraction of sp³-hybridized carbons (Fsp3) is 1.00. The number of hydrogen-bond donors (Lipinski definition) is 1. The molecule has 0 aliphatic carbocycles. The van der Waals surface area contributed by atoms with E-state index in [1.807, 2.05) is 0 Å². The van der Waals surface area contributed by atoms with Gasteiger partial charge in [-0.2, -0.15) is 0 Å². The first-order valence-electron chi connectivity index (χ1n) is 4.71. The van der Waals surface area contributed by atoms with Gasteiger partial charge in [0.25, 0.3) is 0 Å². The molecular formula is C10H24N2. The molecule has 0 aliphatic heterocycles. The Kier molecular flexibility index (Phi) is 4.80. The highest BCUT2D eigenvalue weighted by Crippen LogP contribution is 2.21. The van der Waals surface area contributed by atoms with Gasteiger partial charge >= 0.3 is 0 Å². The predicted octanol–water partition coefficient (Wildman–Crippen LogP) is 1.70. The monoisotopic (exact) mass is 172 g/mol. The van der Waals surface area contributed by atoms with Crippen molar-refractivity contribution >= 4 is 0 Å². The van der Waals surface area contributed by atoms with Gasteiger partial charge in [0.1, 0.15) is 0 Å². The fourth-order valence-electron chi connectivity index (χ4n) is 1.18. The molecule has 0 amide bonds. The summed E-state index contributed by atoms with van der Waals surface area (Å²) in [6.07, 6.45) is 2.34. The van der Waals surface area contributed by atoms with Crippen molar-refractivity contribution in [3.05, 3.63) is 0 Å². The third-order valence-electron chi connectivity index (χ3n) is 1.86. The van der Waals surface area contributed by atoms with Crippen LogP contribution in [0.3, 0.4) is 0 Å². The quantitative estimate of drug-likeness (QED) is 0.699. The lowest BCUT2D eigenvalue weighted by molar-refractivity contribution is 0.309. The molecule has 0 saturated carbocycles. The summed E-state index contributed by atoms with van der Waals surface area (Å²) in [7, 11) is 4.13. The molecule has 0 aromatic rings. The summed E-state index contributed by atoms with van der Waals surface area (Å²) in [5.74, 6) is 0. The summed E-state index contributed by atoms with van der Waals surface area (Å²) < 4.78 is 0. The molecule has 0 spiro atoms. The first-order valence-corrected chi connectivity index (χ1v) is 4.71. The van der Waals surface area contributed by atoms with Gasteiger partial charge in [0, 0.05) is 12.6 Å². The molecule has 1 atom stereocenters. The topological polar surface area (TPSA) is 29.3 Å². The second-order valence-electron chi connectivity index (χ2n) is 5.12. The van der Waals surface area contributed by atoms with E-state index in [0.717, 1.165) is 13.0 Å². The van der Waals surface area contributed by atoms with E-state index >= 15 is 0 Å². The molecule has 0 aliphatic rings. The Balaban J connectivity index is 3.51. The van der Waals surface area contributed by atoms with Crippen LogP contribution in [0.4, 0.5) is 0 Å². The molecule has 0 aromatic carbocycles. The Hall–Kier alpha value is -0.0800. The maximum atomic E-state index is 5.94. The van der Waals surface area contributed by atoms with Crippen LogP contribution < -0.4 is 5.73 Å². The van der Waals surface area contributed by atoms with Gasteiger partial charge in [-0.25, -0.2) is 0 Å². The van der Waals surface area contributed by atoms with Crippen molar-refractivity contribution in [2.45, 2.75) is 39.7 Å². The van der Waals surface area contributed by atoms with Gasteiger partial charge in [0.2, 0.25) is 0 Å². The van der Waals surface area contributed by atoms with Gasteiger partial charge in [0.05, 0.1) is 0 Å². The van der Waals surface area contributed by atoms with Crippen LogP contribution in [0.5, 0.6) is 0 Å². The normalized spacial score (nSPS) is 15.2. The number of nitrogens with zero attached hydrogens (tertiary/aromatic N) is 1. The Morgan fingerprint density at radius 1 is 1.25 bits per heavy atom. The highest BCUT2D eigenvalue weighted by molar-refractivity contribution is 4.69. The molecule has 0 bridgehead atoms. The van der Waals surface area contributed by atoms with Crippen molar-refractivity contribution in [1.29, 1.82) is 0 Å². The van der Waals surface area contributed by atoms with E-state index in [9.17, 15) is 0 Å². The zero-order valence-corrected chi connectivity index (χ0v) is 9.22. The van der Waals surface area contributed by atoms with E-state index in [0.29, 0.717) is 11.5 Å². The first-order chi connectivity index (χ1) is 5.31. The van der Waals surface area contributed by atoms with Crippen LogP contribution in [0, 0.1) is 5.41 Å². The molecule has 0 fully saturated rings. The van der Waals surface area contributed by atoms with Crippen molar-refractivity contribution in [1.82, 2.24) is 4.90 Å². The molecular weight excluding hydrogens is 148 g/mol. The minimum absolute atomic E-state index is 0.333. The molecule has 0 heterocycles. The summed E-state index contributed by atoms with van der Waals surface area (Å²) in [5.41, 5.74) is 6.36. The smallest absolute Gasteiger partial charge is 0.0167 e. The van der Waals surface area contributed by atoms with Crippen LogP contribution in [0.1, 0.15) is 33.6 Å². The Bertz CT molecular complexity index is 113. The van der Waals surface area contributed by atoms with Crippen molar-refractivity contribution in [3.63, 3.8) is 0 Å². The highest BCUT2D eigenvalue weighted by Gasteiger charge is 2.12. The summed E-state index contributed by atoms with van der Waals surface area (Å²) >= 11 is 0. The molecule has 0 aromatic heterocycles. The number of likely N-dealkylation sites (N-methyl/N-ethyl adjacent to an activating group) is 1. The van der Waals surface area contributed by atoms with Crippen molar-refractivity contribution < 1.29 is 0 Å². The maximum absolute atomic E-state index is 5.94. The van der Waals surface area contributed by atoms with Crippen molar-refractivity contribution in [3.8, 4) is 0 Å².